The first-order valence-corrected chi connectivity index (χ1v) is 11.0. The molecule has 0 saturated heterocycles. The van der Waals surface area contributed by atoms with Crippen LogP contribution in [-0.4, -0.2) is 5.78 Å². The van der Waals surface area contributed by atoms with Gasteiger partial charge in [0, 0.05) is 19.4 Å². The third kappa shape index (κ3) is 7.50. The second-order valence-electron chi connectivity index (χ2n) is 8.26. The zero-order valence-electron chi connectivity index (χ0n) is 17.5. The van der Waals surface area contributed by atoms with E-state index in [1.54, 1.807) is 0 Å². The van der Waals surface area contributed by atoms with Crippen LogP contribution in [0, 0.1) is 5.41 Å². The van der Waals surface area contributed by atoms with Crippen molar-refractivity contribution in [2.75, 3.05) is 0 Å². The number of nitrogens with one attached hydrogen (secondary N) is 1. The molecule has 1 saturated carbocycles. The first-order chi connectivity index (χ1) is 13.1. The lowest BCUT2D eigenvalue weighted by Crippen LogP contribution is -2.51. The molecule has 1 aromatic rings. The lowest BCUT2D eigenvalue weighted by Gasteiger charge is -2.16. The highest BCUT2D eigenvalue weighted by Gasteiger charge is 2.41. The zero-order chi connectivity index (χ0) is 19.5. The lowest BCUT2D eigenvalue weighted by atomic mass is 9.91. The monoisotopic (exact) mass is 371 g/mol. The molecule has 0 unspecified atom stereocenters. The van der Waals surface area contributed by atoms with Gasteiger partial charge in [0.05, 0.1) is 0 Å². The molecule has 0 atom stereocenters. The van der Waals surface area contributed by atoms with Crippen molar-refractivity contribution in [1.29, 1.82) is 0 Å². The van der Waals surface area contributed by atoms with Crippen LogP contribution in [-0.2, 0) is 11.3 Å². The SMILES string of the molecule is CCCCCCCC1(CC/C([NH3+])=C(/NCc2ccccc2)C(=O)CC)CC1. The topological polar surface area (TPSA) is 56.7 Å². The Morgan fingerprint density at radius 3 is 2.37 bits per heavy atom. The first kappa shape index (κ1) is 21.7. The Morgan fingerprint density at radius 1 is 1.04 bits per heavy atom. The fourth-order valence-corrected chi connectivity index (χ4v) is 3.83. The fourth-order valence-electron chi connectivity index (χ4n) is 3.83. The standard InChI is InChI=1S/C24H38N2O/c1-3-5-6-7-11-15-24(17-18-24)16-14-21(25)23(22(27)4-2)26-19-20-12-9-8-10-13-20/h8-10,12-13,26H,3-7,11,14-19,25H2,1-2H3/p+1/b23-21-. The molecule has 0 bridgehead atoms. The Labute approximate surface area is 165 Å². The quantitative estimate of drug-likeness (QED) is 0.352. The predicted molar refractivity (Wildman–Crippen MR) is 113 cm³/mol. The summed E-state index contributed by atoms with van der Waals surface area (Å²) in [5, 5.41) is 3.38. The number of unbranched alkanes of at least 4 members (excludes halogenated alkanes) is 4. The Kier molecular flexibility index (Phi) is 9.06. The maximum absolute atomic E-state index is 12.4. The molecule has 0 heterocycles. The van der Waals surface area contributed by atoms with Gasteiger partial charge < -0.3 is 11.1 Å². The van der Waals surface area contributed by atoms with Crippen LogP contribution in [0.2, 0.25) is 0 Å². The van der Waals surface area contributed by atoms with Gasteiger partial charge in [-0.15, -0.1) is 0 Å². The summed E-state index contributed by atoms with van der Waals surface area (Å²) in [5.74, 6) is 0.181. The van der Waals surface area contributed by atoms with Crippen LogP contribution in [0.3, 0.4) is 0 Å². The molecule has 4 N–H and O–H groups in total. The third-order valence-corrected chi connectivity index (χ3v) is 5.99. The molecule has 3 nitrogen and oxygen atoms in total. The predicted octanol–water partition coefficient (Wildman–Crippen LogP) is 5.13. The van der Waals surface area contributed by atoms with Crippen molar-refractivity contribution < 1.29 is 10.5 Å². The van der Waals surface area contributed by atoms with Crippen LogP contribution >= 0.6 is 0 Å². The van der Waals surface area contributed by atoms with E-state index in [0.717, 1.165) is 17.8 Å². The summed E-state index contributed by atoms with van der Waals surface area (Å²) in [4.78, 5) is 12.4. The number of hydrogen-bond donors (Lipinski definition) is 2. The maximum Gasteiger partial charge on any atom is 0.184 e. The van der Waals surface area contributed by atoms with E-state index in [4.69, 9.17) is 0 Å². The summed E-state index contributed by atoms with van der Waals surface area (Å²) in [6.45, 7) is 4.88. The van der Waals surface area contributed by atoms with Crippen molar-refractivity contribution in [2.24, 2.45) is 5.41 Å². The lowest BCUT2D eigenvalue weighted by molar-refractivity contribution is -0.309. The second-order valence-corrected chi connectivity index (χ2v) is 8.26. The number of allylic oxidation sites excluding steroid dienone is 2. The van der Waals surface area contributed by atoms with Crippen molar-refractivity contribution in [3.05, 3.63) is 47.3 Å². The van der Waals surface area contributed by atoms with E-state index < -0.39 is 0 Å². The van der Waals surface area contributed by atoms with Crippen molar-refractivity contribution in [2.45, 2.75) is 91.0 Å². The van der Waals surface area contributed by atoms with E-state index in [0.29, 0.717) is 18.4 Å². The molecule has 1 aliphatic rings. The van der Waals surface area contributed by atoms with Crippen LogP contribution in [0.25, 0.3) is 0 Å². The van der Waals surface area contributed by atoms with Gasteiger partial charge in [0.2, 0.25) is 0 Å². The Balaban J connectivity index is 1.86. The summed E-state index contributed by atoms with van der Waals surface area (Å²) in [6.07, 6.45) is 13.5. The van der Waals surface area contributed by atoms with Crippen molar-refractivity contribution >= 4 is 5.78 Å². The van der Waals surface area contributed by atoms with Crippen LogP contribution < -0.4 is 11.1 Å². The number of rotatable bonds is 14. The molecule has 27 heavy (non-hydrogen) atoms. The Morgan fingerprint density at radius 2 is 1.74 bits per heavy atom. The van der Waals surface area contributed by atoms with Crippen molar-refractivity contribution in [3.63, 3.8) is 0 Å². The molecule has 150 valence electrons. The normalized spacial score (nSPS) is 16.0. The number of Topliss-reactive ketones (excluding diaryl/α,β-unsaturated/α-hetero) is 1. The molecule has 1 fully saturated rings. The number of quaternary nitrogens is 1. The van der Waals surface area contributed by atoms with Gasteiger partial charge >= 0.3 is 0 Å². The first-order valence-electron chi connectivity index (χ1n) is 11.0. The van der Waals surface area contributed by atoms with Gasteiger partial charge in [-0.25, -0.2) is 0 Å². The summed E-state index contributed by atoms with van der Waals surface area (Å²) in [5.41, 5.74) is 7.76. The average molecular weight is 372 g/mol. The van der Waals surface area contributed by atoms with E-state index in [2.05, 4.69) is 30.1 Å². The Hall–Kier alpha value is -1.61. The molecule has 1 aromatic carbocycles. The van der Waals surface area contributed by atoms with Gasteiger partial charge in [-0.1, -0.05) is 76.3 Å². The van der Waals surface area contributed by atoms with Gasteiger partial charge in [0.25, 0.3) is 0 Å². The van der Waals surface area contributed by atoms with Gasteiger partial charge in [-0.2, -0.15) is 0 Å². The summed E-state index contributed by atoms with van der Waals surface area (Å²) >= 11 is 0. The van der Waals surface area contributed by atoms with Gasteiger partial charge in [-0.3, -0.25) is 4.79 Å². The number of carbonyl (C=O) groups is 1. The van der Waals surface area contributed by atoms with Gasteiger partial charge in [0.15, 0.2) is 5.78 Å². The molecule has 1 aliphatic carbocycles. The summed E-state index contributed by atoms with van der Waals surface area (Å²) in [7, 11) is 0. The van der Waals surface area contributed by atoms with Crippen LogP contribution in [0.4, 0.5) is 0 Å². The molecule has 0 amide bonds. The highest BCUT2D eigenvalue weighted by Crippen LogP contribution is 2.53. The van der Waals surface area contributed by atoms with E-state index in [1.807, 2.05) is 25.1 Å². The Bertz CT molecular complexity index is 602. The molecule has 0 aliphatic heterocycles. The summed E-state index contributed by atoms with van der Waals surface area (Å²) in [6, 6.07) is 10.2. The van der Waals surface area contributed by atoms with Crippen LogP contribution in [0.5, 0.6) is 0 Å². The maximum atomic E-state index is 12.4. The summed E-state index contributed by atoms with van der Waals surface area (Å²) < 4.78 is 0. The van der Waals surface area contributed by atoms with E-state index >= 15 is 0 Å². The highest BCUT2D eigenvalue weighted by atomic mass is 16.1. The van der Waals surface area contributed by atoms with Crippen LogP contribution in [0.1, 0.15) is 90.0 Å². The van der Waals surface area contributed by atoms with E-state index in [9.17, 15) is 4.79 Å². The van der Waals surface area contributed by atoms with Crippen molar-refractivity contribution in [3.8, 4) is 0 Å². The van der Waals surface area contributed by atoms with E-state index in [-0.39, 0.29) is 5.78 Å². The smallest absolute Gasteiger partial charge is 0.184 e. The van der Waals surface area contributed by atoms with Gasteiger partial charge in [-0.05, 0) is 36.7 Å². The minimum Gasteiger partial charge on any atom is -0.374 e. The fraction of sp³-hybridized carbons (Fsp3) is 0.625. The van der Waals surface area contributed by atoms with Crippen molar-refractivity contribution in [1.82, 2.24) is 5.32 Å². The number of benzene rings is 1. The second kappa shape index (κ2) is 11.3. The molecule has 2 rings (SSSR count). The molecule has 0 radical (unpaired) electrons. The highest BCUT2D eigenvalue weighted by molar-refractivity contribution is 5.94. The van der Waals surface area contributed by atoms with Crippen LogP contribution in [0.15, 0.2) is 41.7 Å². The largest absolute Gasteiger partial charge is 0.374 e. The minimum atomic E-state index is 0.181. The minimum absolute atomic E-state index is 0.181. The third-order valence-electron chi connectivity index (χ3n) is 5.99. The number of hydrogen-bond acceptors (Lipinski definition) is 2. The van der Waals surface area contributed by atoms with Gasteiger partial charge in [0.1, 0.15) is 11.4 Å². The zero-order valence-corrected chi connectivity index (χ0v) is 17.5. The molecular weight excluding hydrogens is 332 g/mol. The molecule has 0 spiro atoms. The molecule has 3 heteroatoms. The molecule has 0 aromatic heterocycles. The number of ketones is 1. The van der Waals surface area contributed by atoms with E-state index in [1.165, 1.54) is 63.4 Å². The molecular formula is C24H39N2O+. The average Bonchev–Trinajstić information content (AvgIpc) is 3.47. The number of carbonyl (C=O) groups excluding carboxylic acids is 1.